The summed E-state index contributed by atoms with van der Waals surface area (Å²) in [5, 5.41) is 5.41. The van der Waals surface area contributed by atoms with Gasteiger partial charge in [0.15, 0.2) is 0 Å². The second-order valence-corrected chi connectivity index (χ2v) is 5.42. The molecule has 0 fully saturated rings. The Labute approximate surface area is 122 Å². The molecule has 0 spiro atoms. The Balaban J connectivity index is 1.90. The smallest absolute Gasteiger partial charge is 0.0728 e. The number of benzene rings is 1. The van der Waals surface area contributed by atoms with Crippen LogP contribution < -0.4 is 5.73 Å². The number of fused-ring (bicyclic) bond motifs is 2. The second kappa shape index (κ2) is 4.65. The molecule has 3 aromatic rings. The Morgan fingerprint density at radius 2 is 2.19 bits per heavy atom. The number of ether oxygens (including phenoxy) is 1. The van der Waals surface area contributed by atoms with Crippen LogP contribution in [0.3, 0.4) is 0 Å². The van der Waals surface area contributed by atoms with E-state index in [1.165, 1.54) is 0 Å². The van der Waals surface area contributed by atoms with Crippen LogP contribution in [-0.2, 0) is 18.4 Å². The summed E-state index contributed by atoms with van der Waals surface area (Å²) >= 11 is 0. The zero-order chi connectivity index (χ0) is 14.4. The second-order valence-electron chi connectivity index (χ2n) is 5.42. The third kappa shape index (κ3) is 1.93. The Kier molecular flexibility index (Phi) is 2.77. The van der Waals surface area contributed by atoms with E-state index in [0.29, 0.717) is 13.2 Å². The quantitative estimate of drug-likeness (QED) is 0.742. The van der Waals surface area contributed by atoms with Gasteiger partial charge in [-0.3, -0.25) is 9.67 Å². The fraction of sp³-hybridized carbons (Fsp3) is 0.250. The van der Waals surface area contributed by atoms with Crippen LogP contribution in [0.1, 0.15) is 17.2 Å². The highest BCUT2D eigenvalue weighted by molar-refractivity contribution is 5.85. The van der Waals surface area contributed by atoms with E-state index in [0.717, 1.165) is 33.2 Å². The molecule has 0 amide bonds. The molecule has 3 heterocycles. The first-order chi connectivity index (χ1) is 10.2. The van der Waals surface area contributed by atoms with E-state index in [1.807, 2.05) is 30.3 Å². The predicted molar refractivity (Wildman–Crippen MR) is 80.5 cm³/mol. The first-order valence-electron chi connectivity index (χ1n) is 6.96. The summed E-state index contributed by atoms with van der Waals surface area (Å²) in [5.74, 6) is 0. The van der Waals surface area contributed by atoms with Crippen molar-refractivity contribution >= 4 is 10.9 Å². The van der Waals surface area contributed by atoms with E-state index < -0.39 is 0 Å². The van der Waals surface area contributed by atoms with Crippen LogP contribution in [0.15, 0.2) is 36.8 Å². The van der Waals surface area contributed by atoms with E-state index >= 15 is 0 Å². The minimum absolute atomic E-state index is 0.0941. The lowest BCUT2D eigenvalue weighted by molar-refractivity contribution is 0.0926. The number of aromatic nitrogens is 3. The van der Waals surface area contributed by atoms with Gasteiger partial charge < -0.3 is 10.5 Å². The maximum absolute atomic E-state index is 6.11. The van der Waals surface area contributed by atoms with Gasteiger partial charge in [0.1, 0.15) is 0 Å². The topological polar surface area (TPSA) is 66.0 Å². The van der Waals surface area contributed by atoms with Crippen molar-refractivity contribution in [1.29, 1.82) is 0 Å². The Morgan fingerprint density at radius 3 is 3.10 bits per heavy atom. The molecular formula is C16H16N4O. The van der Waals surface area contributed by atoms with Crippen LogP contribution in [0.4, 0.5) is 0 Å². The molecule has 1 atom stereocenters. The van der Waals surface area contributed by atoms with Crippen LogP contribution in [0.5, 0.6) is 0 Å². The van der Waals surface area contributed by atoms with Crippen molar-refractivity contribution in [2.45, 2.75) is 12.6 Å². The lowest BCUT2D eigenvalue weighted by Gasteiger charge is -2.24. The largest absolute Gasteiger partial charge is 0.375 e. The Bertz CT molecular complexity index is 824. The van der Waals surface area contributed by atoms with E-state index in [1.54, 1.807) is 0 Å². The van der Waals surface area contributed by atoms with E-state index in [9.17, 15) is 0 Å². The minimum Gasteiger partial charge on any atom is -0.375 e. The molecule has 5 nitrogen and oxygen atoms in total. The molecule has 1 aromatic carbocycles. The van der Waals surface area contributed by atoms with Gasteiger partial charge >= 0.3 is 0 Å². The number of pyridine rings is 1. The summed E-state index contributed by atoms with van der Waals surface area (Å²) in [6.07, 6.45) is 5.62. The van der Waals surface area contributed by atoms with Crippen molar-refractivity contribution in [3.05, 3.63) is 47.9 Å². The number of aryl methyl sites for hydroxylation is 1. The molecule has 21 heavy (non-hydrogen) atoms. The molecule has 1 unspecified atom stereocenters. The highest BCUT2D eigenvalue weighted by Gasteiger charge is 2.21. The van der Waals surface area contributed by atoms with Crippen LogP contribution in [0.25, 0.3) is 22.0 Å². The molecular weight excluding hydrogens is 264 g/mol. The SMILES string of the molecule is Cn1ncc2cc(-c3cncc4c3COCC4N)ccc21. The average molecular weight is 280 g/mol. The molecule has 4 rings (SSSR count). The normalized spacial score (nSPS) is 17.9. The van der Waals surface area contributed by atoms with Gasteiger partial charge in [-0.25, -0.2) is 0 Å². The van der Waals surface area contributed by atoms with Gasteiger partial charge in [-0.15, -0.1) is 0 Å². The maximum atomic E-state index is 6.11. The number of nitrogens with zero attached hydrogens (tertiary/aromatic N) is 3. The van der Waals surface area contributed by atoms with Gasteiger partial charge in [-0.2, -0.15) is 5.10 Å². The molecule has 0 radical (unpaired) electrons. The van der Waals surface area contributed by atoms with Gasteiger partial charge in [-0.1, -0.05) is 6.07 Å². The molecule has 0 bridgehead atoms. The zero-order valence-electron chi connectivity index (χ0n) is 11.8. The van der Waals surface area contributed by atoms with E-state index in [-0.39, 0.29) is 6.04 Å². The lowest BCUT2D eigenvalue weighted by atomic mass is 9.93. The third-order valence-corrected chi connectivity index (χ3v) is 4.09. The van der Waals surface area contributed by atoms with Gasteiger partial charge in [0, 0.05) is 30.4 Å². The van der Waals surface area contributed by atoms with E-state index in [2.05, 4.69) is 28.3 Å². The number of hydrogen-bond acceptors (Lipinski definition) is 4. The molecule has 5 heteroatoms. The van der Waals surface area contributed by atoms with Crippen LogP contribution in [-0.4, -0.2) is 21.4 Å². The maximum Gasteiger partial charge on any atom is 0.0728 e. The van der Waals surface area contributed by atoms with Crippen molar-refractivity contribution in [3.63, 3.8) is 0 Å². The molecule has 2 N–H and O–H groups in total. The van der Waals surface area contributed by atoms with Gasteiger partial charge in [-0.05, 0) is 28.8 Å². The third-order valence-electron chi connectivity index (χ3n) is 4.09. The van der Waals surface area contributed by atoms with Crippen molar-refractivity contribution in [2.75, 3.05) is 6.61 Å². The first kappa shape index (κ1) is 12.5. The van der Waals surface area contributed by atoms with Crippen molar-refractivity contribution in [3.8, 4) is 11.1 Å². The van der Waals surface area contributed by atoms with E-state index in [4.69, 9.17) is 10.5 Å². The standard InChI is InChI=1S/C16H16N4O/c1-20-16-3-2-10(4-11(16)5-19-20)12-6-18-7-13-14(12)8-21-9-15(13)17/h2-7,15H,8-9,17H2,1H3. The molecule has 1 aliphatic heterocycles. The molecule has 0 aliphatic carbocycles. The van der Waals surface area contributed by atoms with Crippen molar-refractivity contribution in [2.24, 2.45) is 12.8 Å². The summed E-state index contributed by atoms with van der Waals surface area (Å²) < 4.78 is 7.46. The van der Waals surface area contributed by atoms with Gasteiger partial charge in [0.25, 0.3) is 0 Å². The summed E-state index contributed by atoms with van der Waals surface area (Å²) in [7, 11) is 1.95. The van der Waals surface area contributed by atoms with Gasteiger partial charge in [0.05, 0.1) is 31.0 Å². The molecule has 2 aromatic heterocycles. The molecule has 106 valence electrons. The molecule has 0 saturated carbocycles. The number of rotatable bonds is 1. The fourth-order valence-corrected chi connectivity index (χ4v) is 2.94. The minimum atomic E-state index is -0.0941. The number of hydrogen-bond donors (Lipinski definition) is 1. The summed E-state index contributed by atoms with van der Waals surface area (Å²) in [5.41, 5.74) is 11.7. The van der Waals surface area contributed by atoms with Crippen molar-refractivity contribution in [1.82, 2.24) is 14.8 Å². The van der Waals surface area contributed by atoms with Crippen LogP contribution >= 0.6 is 0 Å². The summed E-state index contributed by atoms with van der Waals surface area (Å²) in [6, 6.07) is 6.23. The Morgan fingerprint density at radius 1 is 1.29 bits per heavy atom. The average Bonchev–Trinajstić information content (AvgIpc) is 2.88. The number of nitrogens with two attached hydrogens (primary N) is 1. The summed E-state index contributed by atoms with van der Waals surface area (Å²) in [6.45, 7) is 1.14. The monoisotopic (exact) mass is 280 g/mol. The molecule has 1 aliphatic rings. The first-order valence-corrected chi connectivity index (χ1v) is 6.96. The lowest BCUT2D eigenvalue weighted by Crippen LogP contribution is -2.24. The predicted octanol–water partition coefficient (Wildman–Crippen LogP) is 2.17. The highest BCUT2D eigenvalue weighted by atomic mass is 16.5. The molecule has 0 saturated heterocycles. The van der Waals surface area contributed by atoms with Crippen LogP contribution in [0, 0.1) is 0 Å². The summed E-state index contributed by atoms with van der Waals surface area (Å²) in [4.78, 5) is 4.35. The zero-order valence-corrected chi connectivity index (χ0v) is 11.8. The highest BCUT2D eigenvalue weighted by Crippen LogP contribution is 2.32. The Hall–Kier alpha value is -2.24. The van der Waals surface area contributed by atoms with Crippen molar-refractivity contribution < 1.29 is 4.74 Å². The van der Waals surface area contributed by atoms with Crippen LogP contribution in [0.2, 0.25) is 0 Å². The fourth-order valence-electron chi connectivity index (χ4n) is 2.94. The van der Waals surface area contributed by atoms with Gasteiger partial charge in [0.2, 0.25) is 0 Å².